The lowest BCUT2D eigenvalue weighted by atomic mass is 10.0. The van der Waals surface area contributed by atoms with Crippen molar-refractivity contribution in [2.24, 2.45) is 17.6 Å². The lowest BCUT2D eigenvalue weighted by Crippen LogP contribution is -2.32. The molecule has 0 bridgehead atoms. The quantitative estimate of drug-likeness (QED) is 0.490. The van der Waals surface area contributed by atoms with Crippen molar-refractivity contribution in [3.05, 3.63) is 48.4 Å². The molecule has 0 aliphatic carbocycles. The van der Waals surface area contributed by atoms with Crippen LogP contribution in [0.1, 0.15) is 5.56 Å². The fourth-order valence-corrected chi connectivity index (χ4v) is 5.56. The first-order chi connectivity index (χ1) is 15.6. The standard InChI is InChI=1S/C22H21N5O4S/c23-21(28)31-27-10-13-7-26(8-14(13)11-27)9-15-12-29-18-6-16(3-4-17(15)18)30-22-25-20-19(32-22)2-1-5-24-20/h1-6,12-14H,7-11H2,(H2,23,28). The summed E-state index contributed by atoms with van der Waals surface area (Å²) in [4.78, 5) is 27.1. The molecule has 0 saturated carbocycles. The van der Waals surface area contributed by atoms with Crippen molar-refractivity contribution >= 4 is 38.7 Å². The molecule has 9 nitrogen and oxygen atoms in total. The number of furan rings is 1. The zero-order chi connectivity index (χ0) is 21.7. The van der Waals surface area contributed by atoms with Crippen molar-refractivity contribution in [2.75, 3.05) is 26.2 Å². The molecule has 3 aromatic heterocycles. The van der Waals surface area contributed by atoms with Gasteiger partial charge in [-0.3, -0.25) is 4.90 Å². The smallest absolute Gasteiger partial charge is 0.423 e. The third kappa shape index (κ3) is 3.66. The minimum Gasteiger partial charge on any atom is -0.464 e. The molecule has 4 aromatic rings. The Labute approximate surface area is 187 Å². The van der Waals surface area contributed by atoms with E-state index < -0.39 is 6.09 Å². The Morgan fingerprint density at radius 1 is 1.22 bits per heavy atom. The third-order valence-electron chi connectivity index (χ3n) is 6.12. The first kappa shape index (κ1) is 19.5. The average Bonchev–Trinajstić information content (AvgIpc) is 3.50. The normalized spacial score (nSPS) is 21.4. The van der Waals surface area contributed by atoms with E-state index in [1.807, 2.05) is 36.6 Å². The van der Waals surface area contributed by atoms with Gasteiger partial charge in [-0.15, -0.1) is 5.06 Å². The predicted molar refractivity (Wildman–Crippen MR) is 118 cm³/mol. The molecule has 2 unspecified atom stereocenters. The van der Waals surface area contributed by atoms with Crippen molar-refractivity contribution in [3.8, 4) is 10.9 Å². The van der Waals surface area contributed by atoms with E-state index in [-0.39, 0.29) is 0 Å². The fraction of sp³-hybridized carbons (Fsp3) is 0.318. The number of aromatic nitrogens is 2. The second kappa shape index (κ2) is 7.73. The number of thiazole rings is 1. The molecule has 2 N–H and O–H groups in total. The van der Waals surface area contributed by atoms with Gasteiger partial charge in [0.15, 0.2) is 5.65 Å². The molecular weight excluding hydrogens is 430 g/mol. The Morgan fingerprint density at radius 2 is 2.06 bits per heavy atom. The molecule has 2 fully saturated rings. The van der Waals surface area contributed by atoms with E-state index in [9.17, 15) is 4.79 Å². The summed E-state index contributed by atoms with van der Waals surface area (Å²) in [7, 11) is 0. The number of pyridine rings is 1. The highest BCUT2D eigenvalue weighted by Crippen LogP contribution is 2.35. The number of carbonyl (C=O) groups is 1. The van der Waals surface area contributed by atoms with Crippen LogP contribution in [-0.2, 0) is 11.4 Å². The molecular formula is C22H21N5O4S. The first-order valence-electron chi connectivity index (χ1n) is 10.4. The van der Waals surface area contributed by atoms with Gasteiger partial charge in [0.25, 0.3) is 5.19 Å². The highest BCUT2D eigenvalue weighted by atomic mass is 32.1. The molecule has 6 rings (SSSR count). The molecule has 5 heterocycles. The van der Waals surface area contributed by atoms with Gasteiger partial charge in [0.2, 0.25) is 0 Å². The molecule has 0 radical (unpaired) electrons. The number of benzene rings is 1. The second-order valence-corrected chi connectivity index (χ2v) is 9.29. The Hall–Kier alpha value is -3.21. The van der Waals surface area contributed by atoms with Crippen LogP contribution in [0.25, 0.3) is 21.3 Å². The van der Waals surface area contributed by atoms with Gasteiger partial charge in [-0.05, 0) is 36.1 Å². The second-order valence-electron chi connectivity index (χ2n) is 8.30. The SMILES string of the molecule is NC(=O)ON1CC2CN(Cc3coc4cc(Oc5nc6ncccc6s5)ccc34)CC2C1. The minimum atomic E-state index is -0.741. The maximum atomic E-state index is 11.0. The van der Waals surface area contributed by atoms with E-state index in [0.717, 1.165) is 54.0 Å². The number of primary amides is 1. The van der Waals surface area contributed by atoms with Gasteiger partial charge in [-0.2, -0.15) is 4.98 Å². The van der Waals surface area contributed by atoms with E-state index in [4.69, 9.17) is 19.7 Å². The molecule has 2 aliphatic rings. The number of nitrogens with two attached hydrogens (primary N) is 1. The number of nitrogens with zero attached hydrogens (tertiary/aromatic N) is 4. The number of fused-ring (bicyclic) bond motifs is 3. The van der Waals surface area contributed by atoms with Crippen LogP contribution in [-0.4, -0.2) is 52.2 Å². The molecule has 1 aromatic carbocycles. The molecule has 2 aliphatic heterocycles. The lowest BCUT2D eigenvalue weighted by Gasteiger charge is -2.19. The van der Waals surface area contributed by atoms with Crippen molar-refractivity contribution in [1.82, 2.24) is 19.9 Å². The van der Waals surface area contributed by atoms with E-state index in [2.05, 4.69) is 14.9 Å². The number of hydroxylamine groups is 2. The van der Waals surface area contributed by atoms with Crippen molar-refractivity contribution < 1.29 is 18.8 Å². The predicted octanol–water partition coefficient (Wildman–Crippen LogP) is 3.60. The van der Waals surface area contributed by atoms with Gasteiger partial charge in [0, 0.05) is 55.9 Å². The van der Waals surface area contributed by atoms with Crippen LogP contribution in [0.5, 0.6) is 10.9 Å². The van der Waals surface area contributed by atoms with Crippen LogP contribution in [0.4, 0.5) is 4.79 Å². The van der Waals surface area contributed by atoms with Gasteiger partial charge < -0.3 is 19.7 Å². The van der Waals surface area contributed by atoms with Crippen molar-refractivity contribution in [2.45, 2.75) is 6.54 Å². The van der Waals surface area contributed by atoms with E-state index in [0.29, 0.717) is 28.4 Å². The lowest BCUT2D eigenvalue weighted by molar-refractivity contribution is -0.0839. The van der Waals surface area contributed by atoms with Crippen LogP contribution >= 0.6 is 11.3 Å². The molecule has 164 valence electrons. The number of hydrogen-bond donors (Lipinski definition) is 1. The van der Waals surface area contributed by atoms with Gasteiger partial charge in [-0.25, -0.2) is 9.78 Å². The van der Waals surface area contributed by atoms with Crippen molar-refractivity contribution in [1.29, 1.82) is 0 Å². The molecule has 2 atom stereocenters. The van der Waals surface area contributed by atoms with E-state index in [1.165, 1.54) is 11.3 Å². The summed E-state index contributed by atoms with van der Waals surface area (Å²) >= 11 is 1.46. The summed E-state index contributed by atoms with van der Waals surface area (Å²) in [6, 6.07) is 9.74. The molecule has 32 heavy (non-hydrogen) atoms. The minimum absolute atomic E-state index is 0.482. The van der Waals surface area contributed by atoms with E-state index >= 15 is 0 Å². The zero-order valence-electron chi connectivity index (χ0n) is 17.1. The summed E-state index contributed by atoms with van der Waals surface area (Å²) < 4.78 is 12.8. The summed E-state index contributed by atoms with van der Waals surface area (Å²) in [6.07, 6.45) is 2.81. The Kier molecular flexibility index (Phi) is 4.71. The maximum absolute atomic E-state index is 11.0. The first-order valence-corrected chi connectivity index (χ1v) is 11.3. The number of likely N-dealkylation sites (tertiary alicyclic amines) is 1. The molecule has 2 saturated heterocycles. The summed E-state index contributed by atoms with van der Waals surface area (Å²) in [5, 5.41) is 3.33. The Bertz CT molecular complexity index is 1260. The summed E-state index contributed by atoms with van der Waals surface area (Å²) in [5.74, 6) is 1.65. The largest absolute Gasteiger partial charge is 0.464 e. The Morgan fingerprint density at radius 3 is 2.84 bits per heavy atom. The fourth-order valence-electron chi connectivity index (χ4n) is 4.76. The topological polar surface area (TPSA) is 107 Å². The molecule has 1 amide bonds. The Balaban J connectivity index is 1.13. The third-order valence-corrected chi connectivity index (χ3v) is 7.01. The van der Waals surface area contributed by atoms with Gasteiger partial charge in [-0.1, -0.05) is 11.3 Å². The number of amides is 1. The monoisotopic (exact) mass is 451 g/mol. The number of hydrogen-bond acceptors (Lipinski definition) is 9. The summed E-state index contributed by atoms with van der Waals surface area (Å²) in [6.45, 7) is 4.21. The van der Waals surface area contributed by atoms with E-state index in [1.54, 1.807) is 11.3 Å². The average molecular weight is 452 g/mol. The molecule has 0 spiro atoms. The van der Waals surface area contributed by atoms with Gasteiger partial charge in [0.05, 0.1) is 11.0 Å². The highest BCUT2D eigenvalue weighted by molar-refractivity contribution is 7.20. The van der Waals surface area contributed by atoms with Crippen LogP contribution in [0, 0.1) is 11.8 Å². The number of ether oxygens (including phenoxy) is 1. The molecule has 10 heteroatoms. The van der Waals surface area contributed by atoms with Crippen LogP contribution in [0.2, 0.25) is 0 Å². The maximum Gasteiger partial charge on any atom is 0.423 e. The van der Waals surface area contributed by atoms with Crippen LogP contribution in [0.3, 0.4) is 0 Å². The zero-order valence-corrected chi connectivity index (χ0v) is 18.0. The van der Waals surface area contributed by atoms with Gasteiger partial charge in [0.1, 0.15) is 11.3 Å². The van der Waals surface area contributed by atoms with Crippen LogP contribution in [0.15, 0.2) is 47.2 Å². The van der Waals surface area contributed by atoms with Gasteiger partial charge >= 0.3 is 6.09 Å². The number of rotatable bonds is 5. The highest BCUT2D eigenvalue weighted by Gasteiger charge is 2.41. The summed E-state index contributed by atoms with van der Waals surface area (Å²) in [5.41, 5.74) is 7.76. The van der Waals surface area contributed by atoms with Crippen molar-refractivity contribution in [3.63, 3.8) is 0 Å². The number of carbonyl (C=O) groups excluding carboxylic acids is 1. The van der Waals surface area contributed by atoms with Crippen LogP contribution < -0.4 is 10.5 Å².